The standard InChI is InChI=1S/C26H27N3O4/c1-17(20-13-8-11-18-9-4-6-12-21(18)20)27-23(30)16-29-24(31)26(2,28-25(29)32)15-19-10-5-7-14-22(19)33-3/h4-14,17H,15-16H2,1-3H3,(H,27,30)(H,28,32)/t17-,26-/m0/s1. The third-order valence-electron chi connectivity index (χ3n) is 6.05. The van der Waals surface area contributed by atoms with Gasteiger partial charge in [-0.15, -0.1) is 0 Å². The number of hydrogen-bond acceptors (Lipinski definition) is 4. The highest BCUT2D eigenvalue weighted by atomic mass is 16.5. The average Bonchev–Trinajstić information content (AvgIpc) is 3.01. The minimum atomic E-state index is -1.16. The molecule has 0 radical (unpaired) electrons. The predicted molar refractivity (Wildman–Crippen MR) is 126 cm³/mol. The highest BCUT2D eigenvalue weighted by Gasteiger charge is 2.48. The molecule has 0 bridgehead atoms. The van der Waals surface area contributed by atoms with Crippen molar-refractivity contribution in [2.75, 3.05) is 13.7 Å². The predicted octanol–water partition coefficient (Wildman–Crippen LogP) is 3.58. The Morgan fingerprint density at radius 3 is 2.55 bits per heavy atom. The van der Waals surface area contributed by atoms with Crippen LogP contribution in [-0.4, -0.2) is 41.9 Å². The molecule has 2 atom stereocenters. The van der Waals surface area contributed by atoms with Crippen molar-refractivity contribution in [1.82, 2.24) is 15.5 Å². The summed E-state index contributed by atoms with van der Waals surface area (Å²) >= 11 is 0. The number of imide groups is 1. The van der Waals surface area contributed by atoms with Crippen molar-refractivity contribution >= 4 is 28.6 Å². The molecule has 4 amide bonds. The van der Waals surface area contributed by atoms with Gasteiger partial charge in [-0.3, -0.25) is 14.5 Å². The number of nitrogens with one attached hydrogen (secondary N) is 2. The van der Waals surface area contributed by atoms with E-state index in [2.05, 4.69) is 10.6 Å². The Balaban J connectivity index is 1.46. The molecule has 1 aliphatic rings. The van der Waals surface area contributed by atoms with Crippen molar-refractivity contribution < 1.29 is 19.1 Å². The van der Waals surface area contributed by atoms with Crippen LogP contribution in [0.15, 0.2) is 66.7 Å². The highest BCUT2D eigenvalue weighted by molar-refractivity contribution is 6.09. The number of carbonyl (C=O) groups excluding carboxylic acids is 3. The van der Waals surface area contributed by atoms with E-state index in [1.807, 2.05) is 67.6 Å². The second-order valence-electron chi connectivity index (χ2n) is 8.50. The van der Waals surface area contributed by atoms with Gasteiger partial charge in [0.25, 0.3) is 5.91 Å². The number of fused-ring (bicyclic) bond motifs is 1. The van der Waals surface area contributed by atoms with Crippen LogP contribution >= 0.6 is 0 Å². The van der Waals surface area contributed by atoms with Crippen LogP contribution in [0.1, 0.15) is 31.0 Å². The number of rotatable bonds is 7. The fraction of sp³-hybridized carbons (Fsp3) is 0.269. The fourth-order valence-electron chi connectivity index (χ4n) is 4.38. The van der Waals surface area contributed by atoms with Crippen LogP contribution in [0.4, 0.5) is 4.79 Å². The topological polar surface area (TPSA) is 87.7 Å². The van der Waals surface area contributed by atoms with Gasteiger partial charge in [0.1, 0.15) is 17.8 Å². The first kappa shape index (κ1) is 22.3. The molecular weight excluding hydrogens is 418 g/mol. The SMILES string of the molecule is COc1ccccc1C[C@]1(C)NC(=O)N(CC(=O)N[C@@H](C)c2cccc3ccccc23)C1=O. The van der Waals surface area contributed by atoms with E-state index in [0.29, 0.717) is 5.75 Å². The molecule has 0 unspecified atom stereocenters. The Hall–Kier alpha value is -3.87. The molecule has 3 aromatic carbocycles. The molecule has 1 heterocycles. The van der Waals surface area contributed by atoms with Gasteiger partial charge in [-0.05, 0) is 41.8 Å². The molecule has 33 heavy (non-hydrogen) atoms. The maximum Gasteiger partial charge on any atom is 0.325 e. The molecule has 7 heteroatoms. The van der Waals surface area contributed by atoms with Crippen LogP contribution in [-0.2, 0) is 16.0 Å². The van der Waals surface area contributed by atoms with E-state index < -0.39 is 23.4 Å². The monoisotopic (exact) mass is 445 g/mol. The van der Waals surface area contributed by atoms with Gasteiger partial charge in [0.05, 0.1) is 13.2 Å². The molecule has 0 aliphatic carbocycles. The van der Waals surface area contributed by atoms with Crippen LogP contribution in [0.3, 0.4) is 0 Å². The first-order valence-electron chi connectivity index (χ1n) is 10.9. The number of hydrogen-bond donors (Lipinski definition) is 2. The number of nitrogens with zero attached hydrogens (tertiary/aromatic N) is 1. The zero-order valence-electron chi connectivity index (χ0n) is 18.9. The number of amides is 4. The van der Waals surface area contributed by atoms with Gasteiger partial charge in [0.2, 0.25) is 5.91 Å². The van der Waals surface area contributed by atoms with E-state index in [1.54, 1.807) is 20.1 Å². The summed E-state index contributed by atoms with van der Waals surface area (Å²) in [7, 11) is 1.56. The summed E-state index contributed by atoms with van der Waals surface area (Å²) < 4.78 is 5.37. The number of urea groups is 1. The zero-order valence-corrected chi connectivity index (χ0v) is 18.9. The zero-order chi connectivity index (χ0) is 23.6. The van der Waals surface area contributed by atoms with Crippen molar-refractivity contribution in [1.29, 1.82) is 0 Å². The van der Waals surface area contributed by atoms with E-state index in [0.717, 1.165) is 26.8 Å². The van der Waals surface area contributed by atoms with Crippen LogP contribution in [0.2, 0.25) is 0 Å². The van der Waals surface area contributed by atoms with Crippen LogP contribution in [0, 0.1) is 0 Å². The number of para-hydroxylation sites is 1. The molecule has 7 nitrogen and oxygen atoms in total. The third-order valence-corrected chi connectivity index (χ3v) is 6.05. The van der Waals surface area contributed by atoms with Crippen LogP contribution < -0.4 is 15.4 Å². The molecule has 1 fully saturated rings. The molecule has 170 valence electrons. The molecule has 0 aromatic heterocycles. The van der Waals surface area contributed by atoms with Gasteiger partial charge in [-0.1, -0.05) is 60.7 Å². The van der Waals surface area contributed by atoms with Crippen molar-refractivity contribution in [2.24, 2.45) is 0 Å². The molecule has 2 N–H and O–H groups in total. The van der Waals surface area contributed by atoms with Gasteiger partial charge in [-0.2, -0.15) is 0 Å². The first-order valence-corrected chi connectivity index (χ1v) is 10.9. The van der Waals surface area contributed by atoms with Crippen molar-refractivity contribution in [3.05, 3.63) is 77.9 Å². The van der Waals surface area contributed by atoms with Gasteiger partial charge in [-0.25, -0.2) is 4.79 Å². The number of ether oxygens (including phenoxy) is 1. The summed E-state index contributed by atoms with van der Waals surface area (Å²) in [6, 6.07) is 20.4. The lowest BCUT2D eigenvalue weighted by Crippen LogP contribution is -2.47. The third kappa shape index (κ3) is 4.39. The van der Waals surface area contributed by atoms with E-state index in [-0.39, 0.29) is 19.0 Å². The fourth-order valence-corrected chi connectivity index (χ4v) is 4.38. The van der Waals surface area contributed by atoms with E-state index in [1.165, 1.54) is 0 Å². The summed E-state index contributed by atoms with van der Waals surface area (Å²) in [4.78, 5) is 39.5. The summed E-state index contributed by atoms with van der Waals surface area (Å²) in [5, 5.41) is 7.79. The lowest BCUT2D eigenvalue weighted by molar-refractivity contribution is -0.134. The van der Waals surface area contributed by atoms with E-state index in [9.17, 15) is 14.4 Å². The van der Waals surface area contributed by atoms with Crippen molar-refractivity contribution in [2.45, 2.75) is 31.8 Å². The molecule has 1 saturated heterocycles. The van der Waals surface area contributed by atoms with Crippen molar-refractivity contribution in [3.63, 3.8) is 0 Å². The molecule has 4 rings (SSSR count). The minimum Gasteiger partial charge on any atom is -0.496 e. The maximum absolute atomic E-state index is 13.1. The number of methoxy groups -OCH3 is 1. The highest BCUT2D eigenvalue weighted by Crippen LogP contribution is 2.28. The Morgan fingerprint density at radius 1 is 1.06 bits per heavy atom. The summed E-state index contributed by atoms with van der Waals surface area (Å²) in [6.07, 6.45) is 0.256. The minimum absolute atomic E-state index is 0.256. The van der Waals surface area contributed by atoms with E-state index in [4.69, 9.17) is 4.74 Å². The maximum atomic E-state index is 13.1. The molecule has 0 spiro atoms. The molecule has 0 saturated carbocycles. The Kier molecular flexibility index (Phi) is 6.05. The van der Waals surface area contributed by atoms with Crippen molar-refractivity contribution in [3.8, 4) is 5.75 Å². The summed E-state index contributed by atoms with van der Waals surface area (Å²) in [6.45, 7) is 3.20. The number of benzene rings is 3. The Labute approximate surface area is 192 Å². The summed E-state index contributed by atoms with van der Waals surface area (Å²) in [5.41, 5.74) is 0.611. The smallest absolute Gasteiger partial charge is 0.325 e. The van der Waals surface area contributed by atoms with Crippen LogP contribution in [0.5, 0.6) is 5.75 Å². The first-order chi connectivity index (χ1) is 15.8. The number of carbonyl (C=O) groups is 3. The molecule has 3 aromatic rings. The largest absolute Gasteiger partial charge is 0.496 e. The summed E-state index contributed by atoms with van der Waals surface area (Å²) in [5.74, 6) is -0.201. The Bertz CT molecular complexity index is 1220. The van der Waals surface area contributed by atoms with Gasteiger partial charge in [0, 0.05) is 6.42 Å². The van der Waals surface area contributed by atoms with E-state index >= 15 is 0 Å². The van der Waals surface area contributed by atoms with Gasteiger partial charge in [0.15, 0.2) is 0 Å². The van der Waals surface area contributed by atoms with Gasteiger partial charge < -0.3 is 15.4 Å². The molecular formula is C26H27N3O4. The quantitative estimate of drug-likeness (QED) is 0.544. The normalized spacial score (nSPS) is 18.8. The second kappa shape index (κ2) is 8.94. The Morgan fingerprint density at radius 2 is 1.76 bits per heavy atom. The lowest BCUT2D eigenvalue weighted by Gasteiger charge is -2.23. The average molecular weight is 446 g/mol. The van der Waals surface area contributed by atoms with Crippen LogP contribution in [0.25, 0.3) is 10.8 Å². The van der Waals surface area contributed by atoms with Gasteiger partial charge >= 0.3 is 6.03 Å². The molecule has 1 aliphatic heterocycles. The second-order valence-corrected chi connectivity index (χ2v) is 8.50. The lowest BCUT2D eigenvalue weighted by atomic mass is 9.92.